The van der Waals surface area contributed by atoms with Crippen molar-refractivity contribution in [3.63, 3.8) is 0 Å². The zero-order valence-electron chi connectivity index (χ0n) is 16.7. The molecule has 0 aliphatic rings. The average Bonchev–Trinajstić information content (AvgIpc) is 2.77. The number of fused-ring (bicyclic) bond motifs is 1. The third-order valence-corrected chi connectivity index (χ3v) is 4.41. The zero-order valence-corrected chi connectivity index (χ0v) is 16.7. The predicted molar refractivity (Wildman–Crippen MR) is 115 cm³/mol. The number of ether oxygens (including phenoxy) is 1. The van der Waals surface area contributed by atoms with Crippen LogP contribution in [-0.4, -0.2) is 32.0 Å². The van der Waals surface area contributed by atoms with E-state index in [0.29, 0.717) is 23.8 Å². The molecule has 1 N–H and O–H groups in total. The van der Waals surface area contributed by atoms with Crippen LogP contribution < -0.4 is 5.32 Å². The van der Waals surface area contributed by atoms with Crippen molar-refractivity contribution >= 4 is 22.7 Å². The van der Waals surface area contributed by atoms with E-state index >= 15 is 0 Å². The van der Waals surface area contributed by atoms with E-state index in [2.05, 4.69) is 20.3 Å². The van der Waals surface area contributed by atoms with E-state index in [4.69, 9.17) is 9.72 Å². The van der Waals surface area contributed by atoms with Crippen molar-refractivity contribution in [2.45, 2.75) is 26.5 Å². The highest BCUT2D eigenvalue weighted by Gasteiger charge is 2.13. The second-order valence-electron chi connectivity index (χ2n) is 7.03. The number of hydrogen-bond donors (Lipinski definition) is 1. The smallest absolute Gasteiger partial charge is 0.338 e. The van der Waals surface area contributed by atoms with Gasteiger partial charge in [-0.15, -0.1) is 0 Å². The number of rotatable bonds is 6. The van der Waals surface area contributed by atoms with E-state index in [0.717, 1.165) is 22.0 Å². The van der Waals surface area contributed by atoms with Gasteiger partial charge in [0.05, 0.1) is 23.4 Å². The summed E-state index contributed by atoms with van der Waals surface area (Å²) in [7, 11) is 0. The van der Waals surface area contributed by atoms with Crippen molar-refractivity contribution in [2.24, 2.45) is 0 Å². The molecule has 0 atom stereocenters. The van der Waals surface area contributed by atoms with Gasteiger partial charge in [-0.25, -0.2) is 14.8 Å². The van der Waals surface area contributed by atoms with E-state index in [1.165, 1.54) is 0 Å². The van der Waals surface area contributed by atoms with Crippen molar-refractivity contribution in [3.8, 4) is 11.4 Å². The summed E-state index contributed by atoms with van der Waals surface area (Å²) >= 11 is 0. The molecule has 4 rings (SSSR count). The molecule has 7 nitrogen and oxygen atoms in total. The third-order valence-electron chi connectivity index (χ3n) is 4.41. The Morgan fingerprint density at radius 3 is 2.63 bits per heavy atom. The number of anilines is 1. The van der Waals surface area contributed by atoms with Crippen LogP contribution in [0.4, 0.5) is 5.82 Å². The highest BCUT2D eigenvalue weighted by atomic mass is 16.5. The molecule has 150 valence electrons. The van der Waals surface area contributed by atoms with Gasteiger partial charge in [0.2, 0.25) is 0 Å². The fourth-order valence-electron chi connectivity index (χ4n) is 3.00. The molecule has 0 amide bonds. The van der Waals surface area contributed by atoms with Crippen LogP contribution in [0.3, 0.4) is 0 Å². The molecule has 0 radical (unpaired) electrons. The van der Waals surface area contributed by atoms with Gasteiger partial charge in [-0.05, 0) is 49.7 Å². The number of hydrogen-bond acceptors (Lipinski definition) is 7. The Morgan fingerprint density at radius 2 is 1.83 bits per heavy atom. The largest absolute Gasteiger partial charge is 0.459 e. The van der Waals surface area contributed by atoms with Crippen LogP contribution in [0.2, 0.25) is 0 Å². The molecule has 0 bridgehead atoms. The quantitative estimate of drug-likeness (QED) is 0.484. The lowest BCUT2D eigenvalue weighted by atomic mass is 10.1. The number of nitrogens with zero attached hydrogens (tertiary/aromatic N) is 4. The molecule has 3 heterocycles. The van der Waals surface area contributed by atoms with Gasteiger partial charge in [-0.3, -0.25) is 9.97 Å². The number of pyridine rings is 2. The normalized spacial score (nSPS) is 10.9. The summed E-state index contributed by atoms with van der Waals surface area (Å²) in [6.07, 6.45) is 6.74. The molecule has 3 aromatic heterocycles. The topological polar surface area (TPSA) is 89.9 Å². The lowest BCUT2D eigenvalue weighted by molar-refractivity contribution is 0.0378. The van der Waals surface area contributed by atoms with Crippen molar-refractivity contribution in [2.75, 3.05) is 5.32 Å². The number of aromatic nitrogens is 4. The first-order valence-corrected chi connectivity index (χ1v) is 9.66. The summed E-state index contributed by atoms with van der Waals surface area (Å²) in [6.45, 7) is 4.24. The fraction of sp³-hybridized carbons (Fsp3) is 0.174. The van der Waals surface area contributed by atoms with Crippen molar-refractivity contribution in [1.82, 2.24) is 19.9 Å². The molecular formula is C23H21N5O2. The Bertz CT molecular complexity index is 1180. The Morgan fingerprint density at radius 1 is 1.03 bits per heavy atom. The third kappa shape index (κ3) is 4.41. The minimum atomic E-state index is -0.370. The Labute approximate surface area is 174 Å². The van der Waals surface area contributed by atoms with Crippen LogP contribution in [0, 0.1) is 0 Å². The summed E-state index contributed by atoms with van der Waals surface area (Å²) in [5.74, 6) is 0.835. The van der Waals surface area contributed by atoms with Crippen LogP contribution in [0.1, 0.15) is 29.8 Å². The van der Waals surface area contributed by atoms with Crippen LogP contribution in [0.15, 0.2) is 67.3 Å². The minimum absolute atomic E-state index is 0.187. The molecule has 1 aromatic carbocycles. The van der Waals surface area contributed by atoms with E-state index < -0.39 is 0 Å². The number of nitrogens with one attached hydrogen (secondary N) is 1. The van der Waals surface area contributed by atoms with Gasteiger partial charge < -0.3 is 10.1 Å². The van der Waals surface area contributed by atoms with E-state index in [9.17, 15) is 4.79 Å². The van der Waals surface area contributed by atoms with Gasteiger partial charge in [-0.1, -0.05) is 12.1 Å². The van der Waals surface area contributed by atoms with Crippen molar-refractivity contribution in [1.29, 1.82) is 0 Å². The highest BCUT2D eigenvalue weighted by molar-refractivity contribution is 5.92. The molecular weight excluding hydrogens is 378 g/mol. The first-order chi connectivity index (χ1) is 14.6. The standard InChI is InChI=1S/C23H21N5O2/c1-15(2)30-23(29)18-5-3-4-17(12-18)21-27-20-14-25-11-8-19(20)22(28-21)26-13-16-6-9-24-10-7-16/h3-12,14-15H,13H2,1-2H3,(H,26,27,28). The molecule has 0 fully saturated rings. The van der Waals surface area contributed by atoms with E-state index in [1.54, 1.807) is 43.0 Å². The Kier molecular flexibility index (Phi) is 5.61. The number of esters is 1. The van der Waals surface area contributed by atoms with Crippen molar-refractivity contribution < 1.29 is 9.53 Å². The van der Waals surface area contributed by atoms with Crippen LogP contribution in [0.5, 0.6) is 0 Å². The van der Waals surface area contributed by atoms with Gasteiger partial charge in [0.15, 0.2) is 5.82 Å². The SMILES string of the molecule is CC(C)OC(=O)c1cccc(-c2nc(NCc3ccncc3)c3ccncc3n2)c1. The van der Waals surface area contributed by atoms with Gasteiger partial charge in [0.25, 0.3) is 0 Å². The van der Waals surface area contributed by atoms with Crippen LogP contribution in [-0.2, 0) is 11.3 Å². The van der Waals surface area contributed by atoms with Gasteiger partial charge in [0, 0.05) is 36.1 Å². The summed E-state index contributed by atoms with van der Waals surface area (Å²) in [5, 5.41) is 4.25. The maximum atomic E-state index is 12.3. The minimum Gasteiger partial charge on any atom is -0.459 e. The molecule has 0 aliphatic heterocycles. The second kappa shape index (κ2) is 8.65. The molecule has 30 heavy (non-hydrogen) atoms. The lowest BCUT2D eigenvalue weighted by Crippen LogP contribution is -2.11. The molecule has 7 heteroatoms. The Balaban J connectivity index is 1.70. The molecule has 0 aliphatic carbocycles. The van der Waals surface area contributed by atoms with E-state index in [1.807, 2.05) is 38.1 Å². The molecule has 4 aromatic rings. The number of benzene rings is 1. The molecule has 0 unspecified atom stereocenters. The van der Waals surface area contributed by atoms with Crippen LogP contribution >= 0.6 is 0 Å². The lowest BCUT2D eigenvalue weighted by Gasteiger charge is -2.12. The summed E-state index contributed by atoms with van der Waals surface area (Å²) in [6, 6.07) is 12.9. The summed E-state index contributed by atoms with van der Waals surface area (Å²) < 4.78 is 5.30. The van der Waals surface area contributed by atoms with Crippen molar-refractivity contribution in [3.05, 3.63) is 78.4 Å². The maximum Gasteiger partial charge on any atom is 0.338 e. The number of carbonyl (C=O) groups is 1. The van der Waals surface area contributed by atoms with Gasteiger partial charge >= 0.3 is 5.97 Å². The second-order valence-corrected chi connectivity index (χ2v) is 7.03. The average molecular weight is 399 g/mol. The maximum absolute atomic E-state index is 12.3. The monoisotopic (exact) mass is 399 g/mol. The molecule has 0 spiro atoms. The van der Waals surface area contributed by atoms with Gasteiger partial charge in [0.1, 0.15) is 5.82 Å². The van der Waals surface area contributed by atoms with Gasteiger partial charge in [-0.2, -0.15) is 0 Å². The molecule has 0 saturated heterocycles. The predicted octanol–water partition coefficient (Wildman–Crippen LogP) is 4.26. The number of carbonyl (C=O) groups excluding carboxylic acids is 1. The molecule has 0 saturated carbocycles. The zero-order chi connectivity index (χ0) is 20.9. The first kappa shape index (κ1) is 19.4. The van der Waals surface area contributed by atoms with Crippen LogP contribution in [0.25, 0.3) is 22.3 Å². The van der Waals surface area contributed by atoms with E-state index in [-0.39, 0.29) is 12.1 Å². The Hall–Kier alpha value is -3.87. The fourth-order valence-corrected chi connectivity index (χ4v) is 3.00. The summed E-state index contributed by atoms with van der Waals surface area (Å²) in [4.78, 5) is 29.9. The highest BCUT2D eigenvalue weighted by Crippen LogP contribution is 2.25. The first-order valence-electron chi connectivity index (χ1n) is 9.66. The summed E-state index contributed by atoms with van der Waals surface area (Å²) in [5.41, 5.74) is 2.99.